The van der Waals surface area contributed by atoms with E-state index in [2.05, 4.69) is 10.3 Å². The van der Waals surface area contributed by atoms with Crippen LogP contribution in [0.2, 0.25) is 0 Å². The average molecular weight is 386 g/mol. The van der Waals surface area contributed by atoms with E-state index in [-0.39, 0.29) is 5.91 Å². The third-order valence-electron chi connectivity index (χ3n) is 4.69. The van der Waals surface area contributed by atoms with Crippen LogP contribution in [0.1, 0.15) is 21.5 Å². The van der Waals surface area contributed by atoms with E-state index < -0.39 is 5.82 Å². The van der Waals surface area contributed by atoms with Gasteiger partial charge in [-0.15, -0.1) is 0 Å². The minimum atomic E-state index is -0.408. The quantitative estimate of drug-likeness (QED) is 0.467. The second-order valence-electron chi connectivity index (χ2n) is 6.85. The van der Waals surface area contributed by atoms with Crippen LogP contribution in [0.4, 0.5) is 10.1 Å². The number of hydrogen-bond acceptors (Lipinski definition) is 3. The van der Waals surface area contributed by atoms with Crippen LogP contribution in [0.3, 0.4) is 0 Å². The van der Waals surface area contributed by atoms with Crippen molar-refractivity contribution in [3.63, 3.8) is 0 Å². The highest BCUT2D eigenvalue weighted by atomic mass is 19.1. The Morgan fingerprint density at radius 3 is 2.55 bits per heavy atom. The maximum absolute atomic E-state index is 13.6. The third kappa shape index (κ3) is 3.94. The van der Waals surface area contributed by atoms with Crippen LogP contribution in [0.5, 0.6) is 0 Å². The van der Waals surface area contributed by atoms with Gasteiger partial charge < -0.3 is 9.73 Å². The van der Waals surface area contributed by atoms with E-state index in [0.717, 1.165) is 16.7 Å². The molecule has 0 aliphatic carbocycles. The number of amides is 1. The Hall–Kier alpha value is -3.73. The number of aromatic nitrogens is 1. The number of halogens is 1. The van der Waals surface area contributed by atoms with Crippen molar-refractivity contribution >= 4 is 11.6 Å². The highest BCUT2D eigenvalue weighted by Gasteiger charge is 2.18. The average Bonchev–Trinajstić information content (AvgIpc) is 3.21. The van der Waals surface area contributed by atoms with Gasteiger partial charge in [-0.1, -0.05) is 48.0 Å². The summed E-state index contributed by atoms with van der Waals surface area (Å²) in [6.45, 7) is 3.83. The molecule has 0 spiro atoms. The first-order valence-electron chi connectivity index (χ1n) is 9.21. The Balaban J connectivity index is 1.66. The predicted molar refractivity (Wildman–Crippen MR) is 111 cm³/mol. The molecule has 0 atom stereocenters. The molecule has 0 fully saturated rings. The molecule has 1 N–H and O–H groups in total. The third-order valence-corrected chi connectivity index (χ3v) is 4.69. The first kappa shape index (κ1) is 18.6. The molecule has 0 radical (unpaired) electrons. The molecule has 1 amide bonds. The summed E-state index contributed by atoms with van der Waals surface area (Å²) >= 11 is 0. The number of anilines is 1. The number of aryl methyl sites for hydroxylation is 2. The summed E-state index contributed by atoms with van der Waals surface area (Å²) < 4.78 is 19.5. The minimum absolute atomic E-state index is 0.349. The molecule has 0 bridgehead atoms. The van der Waals surface area contributed by atoms with Crippen molar-refractivity contribution in [1.29, 1.82) is 0 Å². The fourth-order valence-electron chi connectivity index (χ4n) is 3.04. The molecule has 0 aliphatic rings. The van der Waals surface area contributed by atoms with Gasteiger partial charge in [0.05, 0.1) is 11.8 Å². The maximum Gasteiger partial charge on any atom is 0.256 e. The van der Waals surface area contributed by atoms with E-state index in [4.69, 9.17) is 4.42 Å². The second-order valence-corrected chi connectivity index (χ2v) is 6.85. The molecule has 4 nitrogen and oxygen atoms in total. The summed E-state index contributed by atoms with van der Waals surface area (Å²) in [6.07, 6.45) is 1.64. The lowest BCUT2D eigenvalue weighted by atomic mass is 10.1. The van der Waals surface area contributed by atoms with Gasteiger partial charge in [-0.2, -0.15) is 0 Å². The molecule has 1 heterocycles. The van der Waals surface area contributed by atoms with Gasteiger partial charge in [0.2, 0.25) is 5.89 Å². The lowest BCUT2D eigenvalue weighted by molar-refractivity contribution is 0.102. The van der Waals surface area contributed by atoms with Gasteiger partial charge in [0.1, 0.15) is 5.82 Å². The van der Waals surface area contributed by atoms with Crippen LogP contribution >= 0.6 is 0 Å². The number of oxazole rings is 1. The molecular weight excluding hydrogens is 367 g/mol. The molecule has 4 aromatic rings. The highest BCUT2D eigenvalue weighted by Crippen LogP contribution is 2.29. The summed E-state index contributed by atoms with van der Waals surface area (Å²) in [7, 11) is 0. The molecule has 3 aromatic carbocycles. The minimum Gasteiger partial charge on any atom is -0.436 e. The van der Waals surface area contributed by atoms with Crippen LogP contribution in [0.15, 0.2) is 77.3 Å². The van der Waals surface area contributed by atoms with Gasteiger partial charge in [0.15, 0.2) is 5.76 Å². The number of benzene rings is 3. The monoisotopic (exact) mass is 386 g/mol. The normalized spacial score (nSPS) is 10.7. The van der Waals surface area contributed by atoms with Crippen molar-refractivity contribution in [2.24, 2.45) is 0 Å². The Labute approximate surface area is 168 Å². The Morgan fingerprint density at radius 2 is 1.76 bits per heavy atom. The second kappa shape index (κ2) is 7.72. The summed E-state index contributed by atoms with van der Waals surface area (Å²) in [4.78, 5) is 17.2. The maximum atomic E-state index is 13.6. The van der Waals surface area contributed by atoms with Crippen LogP contribution in [-0.4, -0.2) is 10.9 Å². The van der Waals surface area contributed by atoms with Gasteiger partial charge in [0, 0.05) is 16.8 Å². The zero-order valence-electron chi connectivity index (χ0n) is 16.1. The summed E-state index contributed by atoms with van der Waals surface area (Å²) in [5, 5.41) is 2.77. The van der Waals surface area contributed by atoms with Gasteiger partial charge in [-0.3, -0.25) is 4.79 Å². The molecule has 1 aromatic heterocycles. The fourth-order valence-corrected chi connectivity index (χ4v) is 3.04. The number of hydrogen-bond donors (Lipinski definition) is 1. The molecule has 0 saturated carbocycles. The van der Waals surface area contributed by atoms with E-state index >= 15 is 0 Å². The number of nitrogens with one attached hydrogen (secondary N) is 1. The lowest BCUT2D eigenvalue weighted by Crippen LogP contribution is -2.14. The van der Waals surface area contributed by atoms with Crippen molar-refractivity contribution in [1.82, 2.24) is 4.98 Å². The fraction of sp³-hybridized carbons (Fsp3) is 0.0833. The zero-order chi connectivity index (χ0) is 20.4. The summed E-state index contributed by atoms with van der Waals surface area (Å²) in [5.74, 6) is 0.206. The number of rotatable bonds is 4. The van der Waals surface area contributed by atoms with E-state index in [1.54, 1.807) is 30.5 Å². The van der Waals surface area contributed by atoms with Crippen molar-refractivity contribution in [2.75, 3.05) is 5.32 Å². The predicted octanol–water partition coefficient (Wildman–Crippen LogP) is 6.02. The number of carbonyl (C=O) groups is 1. The van der Waals surface area contributed by atoms with E-state index in [9.17, 15) is 9.18 Å². The number of carbonyl (C=O) groups excluding carboxylic acids is 1. The molecule has 5 heteroatoms. The van der Waals surface area contributed by atoms with E-state index in [1.165, 1.54) is 12.1 Å². The van der Waals surface area contributed by atoms with Crippen LogP contribution in [0, 0.1) is 19.7 Å². The Morgan fingerprint density at radius 1 is 1.00 bits per heavy atom. The van der Waals surface area contributed by atoms with Crippen molar-refractivity contribution in [2.45, 2.75) is 13.8 Å². The number of nitrogens with zero attached hydrogens (tertiary/aromatic N) is 1. The highest BCUT2D eigenvalue weighted by molar-refractivity contribution is 6.08. The summed E-state index contributed by atoms with van der Waals surface area (Å²) in [5.41, 5.74) is 4.23. The molecule has 4 rings (SSSR count). The zero-order valence-corrected chi connectivity index (χ0v) is 16.1. The van der Waals surface area contributed by atoms with E-state index in [1.807, 2.05) is 44.2 Å². The molecule has 0 aliphatic heterocycles. The standard InChI is InChI=1S/C24H19FN2O2/c1-15-7-10-17(11-8-15)22-14-26-24(29-22)20-6-4-3-5-19(20)23(28)27-21-13-18(25)12-9-16(21)2/h3-14H,1-2H3,(H,27,28). The largest absolute Gasteiger partial charge is 0.436 e. The topological polar surface area (TPSA) is 55.1 Å². The molecule has 29 heavy (non-hydrogen) atoms. The van der Waals surface area contributed by atoms with Crippen molar-refractivity contribution in [3.8, 4) is 22.8 Å². The van der Waals surface area contributed by atoms with E-state index in [0.29, 0.717) is 28.5 Å². The first-order chi connectivity index (χ1) is 14.0. The van der Waals surface area contributed by atoms with Gasteiger partial charge >= 0.3 is 0 Å². The Bertz CT molecular complexity index is 1180. The van der Waals surface area contributed by atoms with Gasteiger partial charge in [-0.25, -0.2) is 9.37 Å². The molecule has 144 valence electrons. The summed E-state index contributed by atoms with van der Waals surface area (Å²) in [6, 6.07) is 19.3. The molecule has 0 unspecified atom stereocenters. The smallest absolute Gasteiger partial charge is 0.256 e. The van der Waals surface area contributed by atoms with Crippen LogP contribution in [-0.2, 0) is 0 Å². The van der Waals surface area contributed by atoms with Gasteiger partial charge in [0.25, 0.3) is 5.91 Å². The molecular formula is C24H19FN2O2. The SMILES string of the molecule is Cc1ccc(-c2cnc(-c3ccccc3C(=O)Nc3cc(F)ccc3C)o2)cc1. The van der Waals surface area contributed by atoms with Crippen LogP contribution in [0.25, 0.3) is 22.8 Å². The lowest BCUT2D eigenvalue weighted by Gasteiger charge is -2.10. The Kier molecular flexibility index (Phi) is 4.96. The van der Waals surface area contributed by atoms with Crippen molar-refractivity contribution in [3.05, 3.63) is 95.4 Å². The van der Waals surface area contributed by atoms with Crippen molar-refractivity contribution < 1.29 is 13.6 Å². The van der Waals surface area contributed by atoms with Crippen LogP contribution < -0.4 is 5.32 Å². The molecule has 0 saturated heterocycles. The first-order valence-corrected chi connectivity index (χ1v) is 9.21. The van der Waals surface area contributed by atoms with Gasteiger partial charge in [-0.05, 0) is 43.7 Å².